The molecule has 10 heavy (non-hydrogen) atoms. The van der Waals surface area contributed by atoms with E-state index in [1.807, 2.05) is 0 Å². The van der Waals surface area contributed by atoms with E-state index in [-0.39, 0.29) is 5.97 Å². The van der Waals surface area contributed by atoms with E-state index in [9.17, 15) is 4.79 Å². The molecule has 3 nitrogen and oxygen atoms in total. The van der Waals surface area contributed by atoms with Crippen molar-refractivity contribution in [3.05, 3.63) is 12.2 Å². The number of carbonyl (C=O) groups is 1. The molecule has 58 valence electrons. The molecule has 0 radical (unpaired) electrons. The van der Waals surface area contributed by atoms with Gasteiger partial charge in [-0.3, -0.25) is 0 Å². The Kier molecular flexibility index (Phi) is 4.58. The van der Waals surface area contributed by atoms with Gasteiger partial charge in [0.05, 0.1) is 0 Å². The van der Waals surface area contributed by atoms with Crippen molar-refractivity contribution >= 4 is 5.97 Å². The van der Waals surface area contributed by atoms with Crippen LogP contribution in [0.3, 0.4) is 0 Å². The fourth-order valence-electron chi connectivity index (χ4n) is 0.369. The second-order valence-corrected chi connectivity index (χ2v) is 2.02. The Bertz CT molecular complexity index is 132. The third-order valence-electron chi connectivity index (χ3n) is 0.934. The highest BCUT2D eigenvalue weighted by molar-refractivity contribution is 5.86. The van der Waals surface area contributed by atoms with Crippen molar-refractivity contribution in [3.8, 4) is 0 Å². The van der Waals surface area contributed by atoms with E-state index in [1.165, 1.54) is 0 Å². The Balaban J connectivity index is 3.31. The molecule has 0 aromatic carbocycles. The first kappa shape index (κ1) is 9.17. The molecule has 3 heteroatoms. The van der Waals surface area contributed by atoms with Crippen LogP contribution in [-0.2, 0) is 9.53 Å². The number of hydrogen-bond donors (Lipinski definition) is 1. The number of likely N-dealkylation sites (N-methyl/N-ethyl adjacent to an activating group) is 1. The molecule has 1 N–H and O–H groups in total. The van der Waals surface area contributed by atoms with Gasteiger partial charge in [0.25, 0.3) is 0 Å². The first-order valence-electron chi connectivity index (χ1n) is 3.15. The largest absolute Gasteiger partial charge is 0.461 e. The number of hydrogen-bond acceptors (Lipinski definition) is 3. The summed E-state index contributed by atoms with van der Waals surface area (Å²) in [7, 11) is 1.80. The van der Waals surface area contributed by atoms with Gasteiger partial charge in [-0.15, -0.1) is 0 Å². The Labute approximate surface area is 61.1 Å². The molecule has 0 spiro atoms. The number of ether oxygens (including phenoxy) is 1. The van der Waals surface area contributed by atoms with Gasteiger partial charge in [0.1, 0.15) is 6.61 Å². The second kappa shape index (κ2) is 4.99. The minimum atomic E-state index is -0.324. The van der Waals surface area contributed by atoms with Gasteiger partial charge in [0.15, 0.2) is 0 Å². The maximum absolute atomic E-state index is 10.7. The second-order valence-electron chi connectivity index (χ2n) is 2.02. The van der Waals surface area contributed by atoms with E-state index in [0.717, 1.165) is 0 Å². The zero-order valence-electron chi connectivity index (χ0n) is 6.44. The van der Waals surface area contributed by atoms with Crippen LogP contribution < -0.4 is 5.32 Å². The number of carbonyl (C=O) groups excluding carboxylic acids is 1. The molecule has 0 aliphatic rings. The van der Waals surface area contributed by atoms with Crippen LogP contribution in [-0.4, -0.2) is 26.2 Å². The molecule has 0 unspecified atom stereocenters. The molecule has 0 atom stereocenters. The van der Waals surface area contributed by atoms with Crippen LogP contribution in [0.4, 0.5) is 0 Å². The Morgan fingerprint density at radius 2 is 2.30 bits per heavy atom. The zero-order valence-corrected chi connectivity index (χ0v) is 6.44. The third-order valence-corrected chi connectivity index (χ3v) is 0.934. The molecule has 0 fully saturated rings. The lowest BCUT2D eigenvalue weighted by Crippen LogP contribution is -2.17. The minimum absolute atomic E-state index is 0.324. The lowest BCUT2D eigenvalue weighted by atomic mass is 10.4. The Morgan fingerprint density at radius 3 is 2.70 bits per heavy atom. The average molecular weight is 143 g/mol. The van der Waals surface area contributed by atoms with E-state index in [2.05, 4.69) is 11.9 Å². The fraction of sp³-hybridized carbons (Fsp3) is 0.571. The topological polar surface area (TPSA) is 38.3 Å². The normalized spacial score (nSPS) is 9.00. The van der Waals surface area contributed by atoms with Gasteiger partial charge >= 0.3 is 5.97 Å². The summed E-state index contributed by atoms with van der Waals surface area (Å²) in [4.78, 5) is 10.7. The predicted octanol–water partition coefficient (Wildman–Crippen LogP) is 0.325. The summed E-state index contributed by atoms with van der Waals surface area (Å²) in [6.45, 7) is 6.15. The molecule has 0 amide bonds. The predicted molar refractivity (Wildman–Crippen MR) is 39.7 cm³/mol. The molecule has 0 heterocycles. The summed E-state index contributed by atoms with van der Waals surface area (Å²) < 4.78 is 4.74. The quantitative estimate of drug-likeness (QED) is 0.350. The van der Waals surface area contributed by atoms with Gasteiger partial charge in [-0.2, -0.15) is 0 Å². The summed E-state index contributed by atoms with van der Waals surface area (Å²) in [6, 6.07) is 0. The average Bonchev–Trinajstić information content (AvgIpc) is 1.88. The summed E-state index contributed by atoms with van der Waals surface area (Å²) in [5, 5.41) is 2.86. The van der Waals surface area contributed by atoms with Gasteiger partial charge in [-0.25, -0.2) is 4.79 Å². The maximum Gasteiger partial charge on any atom is 0.333 e. The fourth-order valence-corrected chi connectivity index (χ4v) is 0.369. The summed E-state index contributed by atoms with van der Waals surface area (Å²) >= 11 is 0. The molecule has 0 aliphatic heterocycles. The number of esters is 1. The van der Waals surface area contributed by atoms with Crippen molar-refractivity contribution in [1.82, 2.24) is 5.32 Å². The highest BCUT2D eigenvalue weighted by atomic mass is 16.5. The van der Waals surface area contributed by atoms with Crippen LogP contribution in [0, 0.1) is 0 Å². The van der Waals surface area contributed by atoms with Crippen LogP contribution >= 0.6 is 0 Å². The molecule has 0 rings (SSSR count). The highest BCUT2D eigenvalue weighted by Gasteiger charge is 2.00. The number of rotatable bonds is 4. The van der Waals surface area contributed by atoms with E-state index in [4.69, 9.17) is 4.74 Å². The Hall–Kier alpha value is -0.830. The molecule has 0 aliphatic carbocycles. The van der Waals surface area contributed by atoms with Crippen LogP contribution in [0.2, 0.25) is 0 Å². The minimum Gasteiger partial charge on any atom is -0.461 e. The molecule has 0 saturated heterocycles. The van der Waals surface area contributed by atoms with Gasteiger partial charge < -0.3 is 10.1 Å². The lowest BCUT2D eigenvalue weighted by Gasteiger charge is -2.01. The van der Waals surface area contributed by atoms with Gasteiger partial charge in [-0.1, -0.05) is 6.58 Å². The Morgan fingerprint density at radius 1 is 1.70 bits per heavy atom. The molecular weight excluding hydrogens is 130 g/mol. The summed E-state index contributed by atoms with van der Waals surface area (Å²) in [5.74, 6) is -0.324. The smallest absolute Gasteiger partial charge is 0.333 e. The van der Waals surface area contributed by atoms with E-state index in [1.54, 1.807) is 14.0 Å². The van der Waals surface area contributed by atoms with Crippen molar-refractivity contribution < 1.29 is 9.53 Å². The van der Waals surface area contributed by atoms with Crippen molar-refractivity contribution in [2.24, 2.45) is 0 Å². The highest BCUT2D eigenvalue weighted by Crippen LogP contribution is 1.89. The van der Waals surface area contributed by atoms with Gasteiger partial charge in [-0.05, 0) is 14.0 Å². The molecule has 0 saturated carbocycles. The molecule has 0 aromatic rings. The van der Waals surface area contributed by atoms with E-state index >= 15 is 0 Å². The van der Waals surface area contributed by atoms with E-state index < -0.39 is 0 Å². The van der Waals surface area contributed by atoms with Gasteiger partial charge in [0.2, 0.25) is 0 Å². The van der Waals surface area contributed by atoms with E-state index in [0.29, 0.717) is 18.7 Å². The van der Waals surface area contributed by atoms with Crippen molar-refractivity contribution in [2.75, 3.05) is 20.2 Å². The summed E-state index contributed by atoms with van der Waals surface area (Å²) in [5.41, 5.74) is 0.441. The van der Waals surface area contributed by atoms with Crippen molar-refractivity contribution in [3.63, 3.8) is 0 Å². The van der Waals surface area contributed by atoms with Crippen LogP contribution in [0.15, 0.2) is 12.2 Å². The first-order chi connectivity index (χ1) is 4.68. The molecular formula is C7H13NO2. The maximum atomic E-state index is 10.7. The lowest BCUT2D eigenvalue weighted by molar-refractivity contribution is -0.138. The number of nitrogens with one attached hydrogen (secondary N) is 1. The standard InChI is InChI=1S/C7H13NO2/c1-6(2)7(9)10-5-4-8-3/h8H,1,4-5H2,2-3H3. The van der Waals surface area contributed by atoms with Gasteiger partial charge in [0, 0.05) is 12.1 Å². The summed E-state index contributed by atoms with van der Waals surface area (Å²) in [6.07, 6.45) is 0. The monoisotopic (exact) mass is 143 g/mol. The third kappa shape index (κ3) is 4.09. The molecule has 0 bridgehead atoms. The van der Waals surface area contributed by atoms with Crippen LogP contribution in [0.1, 0.15) is 6.92 Å². The van der Waals surface area contributed by atoms with Crippen LogP contribution in [0.5, 0.6) is 0 Å². The van der Waals surface area contributed by atoms with Crippen molar-refractivity contribution in [1.29, 1.82) is 0 Å². The molecule has 0 aromatic heterocycles. The zero-order chi connectivity index (χ0) is 7.98. The first-order valence-corrected chi connectivity index (χ1v) is 3.15. The van der Waals surface area contributed by atoms with Crippen molar-refractivity contribution in [2.45, 2.75) is 6.92 Å². The SMILES string of the molecule is C=C(C)C(=O)OCCNC. The van der Waals surface area contributed by atoms with Crippen LogP contribution in [0.25, 0.3) is 0 Å².